The molecular weight excluding hydrogens is 212 g/mol. The molecule has 0 spiro atoms. The fraction of sp³-hybridized carbons (Fsp3) is 1.00. The minimum absolute atomic E-state index is 0. The molecule has 1 heterocycles. The van der Waals surface area contributed by atoms with Gasteiger partial charge in [-0.25, -0.2) is 0 Å². The Balaban J connectivity index is -0.000000124. The molecule has 1 aliphatic heterocycles. The number of morpholine rings is 1. The van der Waals surface area contributed by atoms with Gasteiger partial charge in [0.1, 0.15) is 8.25 Å². The Labute approximate surface area is 114 Å². The molecule has 1 rings (SSSR count). The zero-order chi connectivity index (χ0) is 7.82. The van der Waals surface area contributed by atoms with E-state index in [0.29, 0.717) is 0 Å². The van der Waals surface area contributed by atoms with Crippen molar-refractivity contribution in [2.24, 2.45) is 0 Å². The maximum Gasteiger partial charge on any atom is 1.00 e. The number of rotatable bonds is 0. The molecule has 1 unspecified atom stereocenters. The summed E-state index contributed by atoms with van der Waals surface area (Å²) < 4.78 is 13.6. The molecule has 0 aliphatic carbocycles. The van der Waals surface area contributed by atoms with Crippen LogP contribution in [0.3, 0.4) is 0 Å². The van der Waals surface area contributed by atoms with Gasteiger partial charge in [-0.1, -0.05) is 0 Å². The summed E-state index contributed by atoms with van der Waals surface area (Å²) in [4.78, 5) is 15.7. The standard InChI is InChI=1S/C4H9NO.K.H3O3P.H2O/c1-3-6-4-2-5-1;;1-4(2)3;/h5H,1-4H2;;4H,(H2,1,2,3);1H2/q;+1;;/p-1. The number of hydrogen-bond acceptors (Lipinski definition) is 4. The van der Waals surface area contributed by atoms with Crippen molar-refractivity contribution in [3.63, 3.8) is 0 Å². The van der Waals surface area contributed by atoms with E-state index in [4.69, 9.17) is 19.1 Å². The second-order valence-electron chi connectivity index (χ2n) is 1.63. The van der Waals surface area contributed by atoms with Crippen LogP contribution in [0.1, 0.15) is 0 Å². The summed E-state index contributed by atoms with van der Waals surface area (Å²) in [6.45, 7) is 3.83. The van der Waals surface area contributed by atoms with Crippen LogP contribution in [-0.4, -0.2) is 36.7 Å². The van der Waals surface area contributed by atoms with Gasteiger partial charge < -0.3 is 29.9 Å². The van der Waals surface area contributed by atoms with Crippen molar-refractivity contribution in [3.8, 4) is 0 Å². The van der Waals surface area contributed by atoms with Crippen molar-refractivity contribution in [2.45, 2.75) is 0 Å². The molecule has 0 amide bonds. The molecular formula is C4H13KNO5P. The molecule has 70 valence electrons. The van der Waals surface area contributed by atoms with Crippen LogP contribution >= 0.6 is 8.25 Å². The zero-order valence-corrected chi connectivity index (χ0v) is 11.1. The Morgan fingerprint density at radius 2 is 1.75 bits per heavy atom. The van der Waals surface area contributed by atoms with Crippen molar-refractivity contribution in [3.05, 3.63) is 0 Å². The Morgan fingerprint density at radius 1 is 1.42 bits per heavy atom. The molecule has 6 nitrogen and oxygen atoms in total. The van der Waals surface area contributed by atoms with Crippen molar-refractivity contribution >= 4 is 8.25 Å². The van der Waals surface area contributed by atoms with Crippen LogP contribution in [0.4, 0.5) is 0 Å². The van der Waals surface area contributed by atoms with E-state index in [-0.39, 0.29) is 56.9 Å². The minimum Gasteiger partial charge on any atom is -0.781 e. The van der Waals surface area contributed by atoms with E-state index in [1.807, 2.05) is 0 Å². The summed E-state index contributed by atoms with van der Waals surface area (Å²) in [5.41, 5.74) is 0. The van der Waals surface area contributed by atoms with Gasteiger partial charge in [0, 0.05) is 13.1 Å². The fourth-order valence-corrected chi connectivity index (χ4v) is 0.516. The smallest absolute Gasteiger partial charge is 0.781 e. The largest absolute Gasteiger partial charge is 1.00 e. The number of nitrogens with one attached hydrogen (secondary N) is 1. The number of hydrogen-bond donors (Lipinski definition) is 2. The van der Waals surface area contributed by atoms with E-state index >= 15 is 0 Å². The Bertz CT molecular complexity index is 85.9. The monoisotopic (exact) mass is 225 g/mol. The fourth-order valence-electron chi connectivity index (χ4n) is 0.516. The third-order valence-electron chi connectivity index (χ3n) is 0.846. The Morgan fingerprint density at radius 3 is 1.83 bits per heavy atom. The van der Waals surface area contributed by atoms with E-state index in [0.717, 1.165) is 26.3 Å². The van der Waals surface area contributed by atoms with Gasteiger partial charge in [-0.2, -0.15) is 0 Å². The first-order valence-electron chi connectivity index (χ1n) is 2.92. The Hall–Kier alpha value is 1.67. The van der Waals surface area contributed by atoms with Crippen LogP contribution in [0, 0.1) is 0 Å². The molecule has 0 bridgehead atoms. The predicted octanol–water partition coefficient (Wildman–Crippen LogP) is -5.49. The summed E-state index contributed by atoms with van der Waals surface area (Å²) in [6.07, 6.45) is 0. The van der Waals surface area contributed by atoms with E-state index < -0.39 is 8.25 Å². The molecule has 0 saturated carbocycles. The van der Waals surface area contributed by atoms with Gasteiger partial charge in [-0.15, -0.1) is 0 Å². The van der Waals surface area contributed by atoms with Crippen LogP contribution in [0.25, 0.3) is 0 Å². The van der Waals surface area contributed by atoms with Crippen molar-refractivity contribution < 1.29 is 75.9 Å². The molecule has 1 atom stereocenters. The van der Waals surface area contributed by atoms with Crippen LogP contribution in [0.15, 0.2) is 0 Å². The first kappa shape index (κ1) is 19.3. The molecule has 12 heavy (non-hydrogen) atoms. The molecule has 4 N–H and O–H groups in total. The first-order chi connectivity index (χ1) is 4.73. The molecule has 0 aromatic carbocycles. The van der Waals surface area contributed by atoms with E-state index in [1.54, 1.807) is 0 Å². The zero-order valence-electron chi connectivity index (χ0n) is 7.00. The summed E-state index contributed by atoms with van der Waals surface area (Å²) in [7, 11) is -3.38. The maximum atomic E-state index is 8.63. The van der Waals surface area contributed by atoms with Crippen LogP contribution in [0.5, 0.6) is 0 Å². The van der Waals surface area contributed by atoms with E-state index in [2.05, 4.69) is 5.32 Å². The maximum absolute atomic E-state index is 8.63. The molecule has 0 aromatic rings. The Kier molecular flexibility index (Phi) is 24.3. The van der Waals surface area contributed by atoms with Gasteiger partial charge in [0.05, 0.1) is 13.2 Å². The molecule has 0 aromatic heterocycles. The van der Waals surface area contributed by atoms with Crippen LogP contribution in [-0.2, 0) is 9.30 Å². The van der Waals surface area contributed by atoms with Gasteiger partial charge in [0.15, 0.2) is 0 Å². The van der Waals surface area contributed by atoms with Crippen molar-refractivity contribution in [2.75, 3.05) is 26.3 Å². The molecule has 8 heteroatoms. The van der Waals surface area contributed by atoms with Gasteiger partial charge in [0.25, 0.3) is 0 Å². The summed E-state index contributed by atoms with van der Waals surface area (Å²) in [6, 6.07) is 0. The molecule has 1 fully saturated rings. The predicted molar refractivity (Wildman–Crippen MR) is 38.5 cm³/mol. The van der Waals surface area contributed by atoms with Gasteiger partial charge in [-0.3, -0.25) is 0 Å². The molecule has 1 aliphatic rings. The average Bonchev–Trinajstić information content (AvgIpc) is 1.90. The summed E-state index contributed by atoms with van der Waals surface area (Å²) in [5.74, 6) is 0. The van der Waals surface area contributed by atoms with Gasteiger partial charge in [-0.05, 0) is 0 Å². The normalized spacial score (nSPS) is 17.2. The minimum atomic E-state index is -3.38. The van der Waals surface area contributed by atoms with Crippen LogP contribution < -0.4 is 61.6 Å². The van der Waals surface area contributed by atoms with Gasteiger partial charge >= 0.3 is 51.4 Å². The topological polar surface area (TPSA) is 113 Å². The molecule has 0 radical (unpaired) electrons. The second-order valence-corrected chi connectivity index (χ2v) is 2.16. The van der Waals surface area contributed by atoms with E-state index in [1.165, 1.54) is 0 Å². The van der Waals surface area contributed by atoms with E-state index in [9.17, 15) is 0 Å². The van der Waals surface area contributed by atoms with Gasteiger partial charge in [0.2, 0.25) is 0 Å². The van der Waals surface area contributed by atoms with Crippen molar-refractivity contribution in [1.82, 2.24) is 5.32 Å². The third-order valence-corrected chi connectivity index (χ3v) is 0.846. The summed E-state index contributed by atoms with van der Waals surface area (Å²) >= 11 is 0. The van der Waals surface area contributed by atoms with Crippen LogP contribution in [0.2, 0.25) is 0 Å². The number of ether oxygens (including phenoxy) is 1. The second kappa shape index (κ2) is 15.2. The quantitative estimate of drug-likeness (QED) is 0.315. The van der Waals surface area contributed by atoms with Crippen molar-refractivity contribution in [1.29, 1.82) is 0 Å². The molecule has 1 saturated heterocycles. The average molecular weight is 225 g/mol. The first-order valence-corrected chi connectivity index (χ1v) is 4.18. The third kappa shape index (κ3) is 22.6. The summed E-state index contributed by atoms with van der Waals surface area (Å²) in [5, 5.41) is 3.16. The SMILES string of the molecule is C1COCCN1.O.O=[PH]([O-])O.[K+].